The molecule has 1 N–H and O–H groups in total. The van der Waals surface area contributed by atoms with E-state index in [1.807, 2.05) is 19.1 Å². The van der Waals surface area contributed by atoms with E-state index < -0.39 is 23.7 Å². The molecule has 2 amide bonds. The highest BCUT2D eigenvalue weighted by Gasteiger charge is 2.60. The standard InChI is InChI=1S/C18H22N2O5/c1-5-10-20-17(22)19-14-11-8-7-9-12(24-6-2)15(11)25-18(20,3)13(14)16(21)23-4/h5,7-9,13-14H,1,6,10H2,2-4H3,(H,19,22)/t13-,14-,18-/m1/s1. The van der Waals surface area contributed by atoms with Crippen molar-refractivity contribution >= 4 is 12.0 Å². The van der Waals surface area contributed by atoms with Gasteiger partial charge in [0, 0.05) is 12.1 Å². The van der Waals surface area contributed by atoms with Gasteiger partial charge < -0.3 is 19.5 Å². The molecule has 3 rings (SSSR count). The Kier molecular flexibility index (Phi) is 4.32. The van der Waals surface area contributed by atoms with E-state index in [-0.39, 0.29) is 12.6 Å². The second-order valence-electron chi connectivity index (χ2n) is 6.09. The molecule has 1 fully saturated rings. The molecule has 1 aromatic rings. The third-order valence-corrected chi connectivity index (χ3v) is 4.69. The second-order valence-corrected chi connectivity index (χ2v) is 6.09. The number of esters is 1. The summed E-state index contributed by atoms with van der Waals surface area (Å²) in [5.41, 5.74) is -0.514. The number of rotatable bonds is 5. The average Bonchev–Trinajstić information content (AvgIpc) is 2.59. The molecule has 3 atom stereocenters. The quantitative estimate of drug-likeness (QED) is 0.653. The van der Waals surface area contributed by atoms with Crippen molar-refractivity contribution in [2.24, 2.45) is 5.92 Å². The average molecular weight is 346 g/mol. The number of ether oxygens (including phenoxy) is 3. The molecule has 1 saturated heterocycles. The van der Waals surface area contributed by atoms with Gasteiger partial charge in [0.05, 0.1) is 19.8 Å². The normalized spacial score (nSPS) is 26.8. The Labute approximate surface area is 146 Å². The fourth-order valence-electron chi connectivity index (χ4n) is 3.59. The van der Waals surface area contributed by atoms with E-state index in [1.165, 1.54) is 12.0 Å². The summed E-state index contributed by atoms with van der Waals surface area (Å²) in [6.07, 6.45) is 1.59. The van der Waals surface area contributed by atoms with E-state index in [2.05, 4.69) is 11.9 Å². The van der Waals surface area contributed by atoms with Crippen LogP contribution in [0.15, 0.2) is 30.9 Å². The first-order chi connectivity index (χ1) is 12.0. The minimum atomic E-state index is -1.21. The zero-order chi connectivity index (χ0) is 18.2. The highest BCUT2D eigenvalue weighted by molar-refractivity contribution is 5.84. The van der Waals surface area contributed by atoms with Crippen LogP contribution in [0.3, 0.4) is 0 Å². The number of para-hydroxylation sites is 1. The van der Waals surface area contributed by atoms with Crippen molar-refractivity contribution in [3.05, 3.63) is 36.4 Å². The fraction of sp³-hybridized carbons (Fsp3) is 0.444. The van der Waals surface area contributed by atoms with Gasteiger partial charge in [-0.2, -0.15) is 0 Å². The molecule has 2 aliphatic rings. The van der Waals surface area contributed by atoms with Gasteiger partial charge in [-0.1, -0.05) is 18.2 Å². The Balaban J connectivity index is 2.18. The number of benzene rings is 1. The molecular weight excluding hydrogens is 324 g/mol. The number of nitrogens with zero attached hydrogens (tertiary/aromatic N) is 1. The molecule has 0 spiro atoms. The minimum Gasteiger partial charge on any atom is -0.490 e. The van der Waals surface area contributed by atoms with Gasteiger partial charge in [0.25, 0.3) is 0 Å². The highest BCUT2D eigenvalue weighted by atomic mass is 16.6. The van der Waals surface area contributed by atoms with Crippen LogP contribution in [0.25, 0.3) is 0 Å². The molecule has 7 heteroatoms. The van der Waals surface area contributed by atoms with Crippen molar-refractivity contribution in [1.82, 2.24) is 10.2 Å². The van der Waals surface area contributed by atoms with Gasteiger partial charge in [-0.3, -0.25) is 9.69 Å². The van der Waals surface area contributed by atoms with Gasteiger partial charge >= 0.3 is 12.0 Å². The third-order valence-electron chi connectivity index (χ3n) is 4.69. The maximum Gasteiger partial charge on any atom is 0.321 e. The lowest BCUT2D eigenvalue weighted by Gasteiger charge is -2.54. The molecule has 7 nitrogen and oxygen atoms in total. The van der Waals surface area contributed by atoms with Crippen LogP contribution in [0.1, 0.15) is 25.5 Å². The Morgan fingerprint density at radius 1 is 1.52 bits per heavy atom. The number of carbonyl (C=O) groups excluding carboxylic acids is 2. The summed E-state index contributed by atoms with van der Waals surface area (Å²) in [5.74, 6) is -0.0612. The minimum absolute atomic E-state index is 0.231. The summed E-state index contributed by atoms with van der Waals surface area (Å²) in [6, 6.07) is 4.56. The van der Waals surface area contributed by atoms with Crippen molar-refractivity contribution in [3.63, 3.8) is 0 Å². The molecule has 0 unspecified atom stereocenters. The summed E-state index contributed by atoms with van der Waals surface area (Å²) in [5, 5.41) is 2.90. The monoisotopic (exact) mass is 346 g/mol. The van der Waals surface area contributed by atoms with Gasteiger partial charge in [0.1, 0.15) is 5.92 Å². The lowest BCUT2D eigenvalue weighted by Crippen LogP contribution is -2.71. The SMILES string of the molecule is C=CCN1C(=O)N[C@@H]2c3cccc(OCC)c3O[C@]1(C)[C@H]2C(=O)OC. The van der Waals surface area contributed by atoms with E-state index in [0.717, 1.165) is 0 Å². The molecule has 2 bridgehead atoms. The zero-order valence-corrected chi connectivity index (χ0v) is 14.6. The number of carbonyl (C=O) groups is 2. The Morgan fingerprint density at radius 3 is 2.92 bits per heavy atom. The van der Waals surface area contributed by atoms with Crippen molar-refractivity contribution in [2.45, 2.75) is 25.6 Å². The van der Waals surface area contributed by atoms with Crippen LogP contribution in [-0.4, -0.2) is 42.9 Å². The number of fused-ring (bicyclic) bond motifs is 4. The van der Waals surface area contributed by atoms with E-state index in [1.54, 1.807) is 19.1 Å². The fourth-order valence-corrected chi connectivity index (χ4v) is 3.59. The number of methoxy groups -OCH3 is 1. The van der Waals surface area contributed by atoms with Crippen molar-refractivity contribution in [1.29, 1.82) is 0 Å². The topological polar surface area (TPSA) is 77.1 Å². The summed E-state index contributed by atoms with van der Waals surface area (Å²) in [4.78, 5) is 26.6. The van der Waals surface area contributed by atoms with E-state index in [4.69, 9.17) is 14.2 Å². The van der Waals surface area contributed by atoms with Gasteiger partial charge in [-0.15, -0.1) is 6.58 Å². The molecule has 0 saturated carbocycles. The Morgan fingerprint density at radius 2 is 2.28 bits per heavy atom. The Hall–Kier alpha value is -2.70. The van der Waals surface area contributed by atoms with Crippen LogP contribution in [-0.2, 0) is 9.53 Å². The Bertz CT molecular complexity index is 719. The van der Waals surface area contributed by atoms with Gasteiger partial charge in [0.15, 0.2) is 17.2 Å². The number of urea groups is 1. The van der Waals surface area contributed by atoms with Crippen LogP contribution in [0.5, 0.6) is 11.5 Å². The largest absolute Gasteiger partial charge is 0.490 e. The summed E-state index contributed by atoms with van der Waals surface area (Å²) < 4.78 is 16.9. The number of amides is 2. The predicted octanol–water partition coefficient (Wildman–Crippen LogP) is 2.24. The maximum absolute atomic E-state index is 12.6. The zero-order valence-electron chi connectivity index (χ0n) is 14.6. The highest BCUT2D eigenvalue weighted by Crippen LogP contribution is 2.51. The van der Waals surface area contributed by atoms with Gasteiger partial charge in [0.2, 0.25) is 0 Å². The first-order valence-corrected chi connectivity index (χ1v) is 8.19. The van der Waals surface area contributed by atoms with E-state index in [9.17, 15) is 9.59 Å². The van der Waals surface area contributed by atoms with Crippen LogP contribution in [0.4, 0.5) is 4.79 Å². The summed E-state index contributed by atoms with van der Waals surface area (Å²) in [6.45, 7) is 8.00. The molecule has 2 heterocycles. The van der Waals surface area contributed by atoms with Crippen molar-refractivity contribution < 1.29 is 23.8 Å². The number of nitrogens with one attached hydrogen (secondary N) is 1. The molecular formula is C18H22N2O5. The molecule has 25 heavy (non-hydrogen) atoms. The molecule has 2 aliphatic heterocycles. The summed E-state index contributed by atoms with van der Waals surface area (Å²) in [7, 11) is 1.33. The van der Waals surface area contributed by atoms with Crippen LogP contribution in [0, 0.1) is 5.92 Å². The van der Waals surface area contributed by atoms with Crippen molar-refractivity contribution in [3.8, 4) is 11.5 Å². The lowest BCUT2D eigenvalue weighted by molar-refractivity contribution is -0.175. The van der Waals surface area contributed by atoms with E-state index >= 15 is 0 Å². The number of hydrogen-bond acceptors (Lipinski definition) is 5. The van der Waals surface area contributed by atoms with Crippen molar-refractivity contribution in [2.75, 3.05) is 20.3 Å². The predicted molar refractivity (Wildman–Crippen MR) is 90.3 cm³/mol. The molecule has 0 aromatic heterocycles. The van der Waals surface area contributed by atoms with E-state index in [0.29, 0.717) is 23.7 Å². The molecule has 134 valence electrons. The first-order valence-electron chi connectivity index (χ1n) is 8.19. The smallest absolute Gasteiger partial charge is 0.321 e. The van der Waals surface area contributed by atoms with Crippen LogP contribution < -0.4 is 14.8 Å². The first kappa shape index (κ1) is 17.1. The van der Waals surface area contributed by atoms with Crippen LogP contribution >= 0.6 is 0 Å². The third kappa shape index (κ3) is 2.50. The second kappa shape index (κ2) is 6.31. The molecule has 1 aromatic carbocycles. The van der Waals surface area contributed by atoms with Gasteiger partial charge in [-0.05, 0) is 19.9 Å². The molecule has 0 radical (unpaired) electrons. The molecule has 0 aliphatic carbocycles. The van der Waals surface area contributed by atoms with Crippen LogP contribution in [0.2, 0.25) is 0 Å². The summed E-state index contributed by atoms with van der Waals surface area (Å²) >= 11 is 0. The number of hydrogen-bond donors (Lipinski definition) is 1. The lowest BCUT2D eigenvalue weighted by atomic mass is 9.79. The van der Waals surface area contributed by atoms with Gasteiger partial charge in [-0.25, -0.2) is 4.79 Å². The maximum atomic E-state index is 12.6.